The lowest BCUT2D eigenvalue weighted by Crippen LogP contribution is -2.42. The maximum Gasteiger partial charge on any atom is 0.253 e. The Morgan fingerprint density at radius 1 is 1.33 bits per heavy atom. The molecule has 7 heteroatoms. The monoisotopic (exact) mass is 306 g/mol. The van der Waals surface area contributed by atoms with Crippen molar-refractivity contribution in [3.05, 3.63) is 35.4 Å². The van der Waals surface area contributed by atoms with E-state index in [0.29, 0.717) is 5.56 Å². The Labute approximate surface area is 119 Å². The summed E-state index contributed by atoms with van der Waals surface area (Å²) in [7, 11) is 0. The van der Waals surface area contributed by atoms with Crippen LogP contribution in [0, 0.1) is 6.92 Å². The summed E-state index contributed by atoms with van der Waals surface area (Å²) in [5, 5.41) is 2.33. The first-order chi connectivity index (χ1) is 8.34. The van der Waals surface area contributed by atoms with Gasteiger partial charge in [0.25, 0.3) is 5.91 Å². The Bertz CT molecular complexity index is 476. The number of benzene rings is 1. The van der Waals surface area contributed by atoms with E-state index in [0.717, 1.165) is 5.56 Å². The molecule has 0 saturated heterocycles. The number of hydrogen-bond acceptors (Lipinski definition) is 3. The van der Waals surface area contributed by atoms with Gasteiger partial charge in [0.05, 0.1) is 0 Å². The molecule has 1 amide bonds. The third-order valence-corrected chi connectivity index (χ3v) is 2.69. The molecule has 1 aromatic carbocycles. The second kappa shape index (κ2) is 6.21. The summed E-state index contributed by atoms with van der Waals surface area (Å²) in [5.74, 6) is -0.495. The first-order valence-electron chi connectivity index (χ1n) is 4.86. The molecule has 0 aliphatic rings. The number of nitrogens with one attached hydrogen (secondary N) is 1. The molecule has 0 fully saturated rings. The van der Waals surface area contributed by atoms with Gasteiger partial charge in [-0.1, -0.05) is 52.5 Å². The highest BCUT2D eigenvalue weighted by Crippen LogP contribution is 2.30. The Morgan fingerprint density at radius 2 is 1.89 bits per heavy atom. The molecule has 0 aromatic heterocycles. The first-order valence-corrected chi connectivity index (χ1v) is 5.99. The van der Waals surface area contributed by atoms with Crippen LogP contribution in [-0.2, 0) is 4.79 Å². The maximum atomic E-state index is 11.8. The molecule has 4 nitrogen and oxygen atoms in total. The van der Waals surface area contributed by atoms with E-state index in [2.05, 4.69) is 10.3 Å². The third-order valence-electron chi connectivity index (χ3n) is 2.07. The number of amides is 1. The number of hydrogen-bond donors (Lipinski definition) is 1. The van der Waals surface area contributed by atoms with Gasteiger partial charge in [-0.25, -0.2) is 4.79 Å². The fraction of sp³-hybridized carbons (Fsp3) is 0.273. The maximum absolute atomic E-state index is 11.8. The molecule has 1 aromatic rings. The predicted molar refractivity (Wildman–Crippen MR) is 70.8 cm³/mol. The summed E-state index contributed by atoms with van der Waals surface area (Å²) in [5.41, 5.74) is 1.39. The largest absolute Gasteiger partial charge is 0.326 e. The summed E-state index contributed by atoms with van der Waals surface area (Å²) in [6, 6.07) is 6.76. The highest BCUT2D eigenvalue weighted by Gasteiger charge is 2.34. The number of carbonyl (C=O) groups is 1. The van der Waals surface area contributed by atoms with Crippen LogP contribution >= 0.6 is 34.8 Å². The van der Waals surface area contributed by atoms with E-state index < -0.39 is 15.9 Å². The molecule has 0 aliphatic carbocycles. The van der Waals surface area contributed by atoms with E-state index in [1.54, 1.807) is 24.3 Å². The first kappa shape index (κ1) is 15.0. The van der Waals surface area contributed by atoms with E-state index in [4.69, 9.17) is 34.8 Å². The van der Waals surface area contributed by atoms with Crippen molar-refractivity contribution < 1.29 is 9.59 Å². The fourth-order valence-corrected chi connectivity index (χ4v) is 1.46. The van der Waals surface area contributed by atoms with Crippen LogP contribution in [0.15, 0.2) is 29.3 Å². The average Bonchev–Trinajstić information content (AvgIpc) is 2.28. The molecule has 0 spiro atoms. The molecule has 0 saturated carbocycles. The molecule has 18 heavy (non-hydrogen) atoms. The normalized spacial score (nSPS) is 12.4. The van der Waals surface area contributed by atoms with Crippen LogP contribution in [0.2, 0.25) is 0 Å². The van der Waals surface area contributed by atoms with Crippen molar-refractivity contribution in [2.45, 2.75) is 16.9 Å². The quantitative estimate of drug-likeness (QED) is 0.530. The van der Waals surface area contributed by atoms with E-state index in [-0.39, 0.29) is 0 Å². The summed E-state index contributed by atoms with van der Waals surface area (Å²) < 4.78 is -1.92. The molecule has 96 valence electrons. The summed E-state index contributed by atoms with van der Waals surface area (Å²) >= 11 is 16.7. The average molecular weight is 308 g/mol. The molecule has 0 radical (unpaired) electrons. The van der Waals surface area contributed by atoms with Gasteiger partial charge in [-0.2, -0.15) is 4.99 Å². The topological polar surface area (TPSA) is 58.5 Å². The van der Waals surface area contributed by atoms with Gasteiger partial charge in [-0.3, -0.25) is 4.79 Å². The van der Waals surface area contributed by atoms with Crippen LogP contribution in [0.4, 0.5) is 0 Å². The lowest BCUT2D eigenvalue weighted by Gasteiger charge is -2.20. The van der Waals surface area contributed by atoms with Gasteiger partial charge in [-0.05, 0) is 19.1 Å². The molecule has 1 atom stereocenters. The number of nitrogens with zero attached hydrogens (tertiary/aromatic N) is 1. The molecular weight excluding hydrogens is 298 g/mol. The van der Waals surface area contributed by atoms with Crippen molar-refractivity contribution in [3.63, 3.8) is 0 Å². The van der Waals surface area contributed by atoms with E-state index >= 15 is 0 Å². The molecular formula is C11H9Cl3N2O2. The van der Waals surface area contributed by atoms with Crippen LogP contribution < -0.4 is 5.32 Å². The van der Waals surface area contributed by atoms with Gasteiger partial charge >= 0.3 is 0 Å². The SMILES string of the molecule is Cc1ccc(C(=O)NC(N=C=O)C(Cl)(Cl)Cl)cc1. The lowest BCUT2D eigenvalue weighted by atomic mass is 10.1. The third kappa shape index (κ3) is 4.31. The fourth-order valence-electron chi connectivity index (χ4n) is 1.15. The van der Waals surface area contributed by atoms with Gasteiger partial charge in [0.1, 0.15) is 0 Å². The molecule has 1 N–H and O–H groups in total. The Hall–Kier alpha value is -1.06. The number of aryl methyl sites for hydroxylation is 1. The second-order valence-electron chi connectivity index (χ2n) is 3.50. The van der Waals surface area contributed by atoms with Crippen molar-refractivity contribution in [3.8, 4) is 0 Å². The van der Waals surface area contributed by atoms with Crippen LogP contribution in [0.25, 0.3) is 0 Å². The van der Waals surface area contributed by atoms with Gasteiger partial charge in [0.15, 0.2) is 6.17 Å². The van der Waals surface area contributed by atoms with Gasteiger partial charge in [0, 0.05) is 5.56 Å². The smallest absolute Gasteiger partial charge is 0.253 e. The minimum atomic E-state index is -1.92. The van der Waals surface area contributed by atoms with Crippen molar-refractivity contribution in [1.29, 1.82) is 0 Å². The summed E-state index contributed by atoms with van der Waals surface area (Å²) in [4.78, 5) is 25.3. The second-order valence-corrected chi connectivity index (χ2v) is 5.87. The zero-order valence-corrected chi connectivity index (χ0v) is 11.6. The van der Waals surface area contributed by atoms with Crippen LogP contribution in [-0.4, -0.2) is 21.9 Å². The standard InChI is InChI=1S/C11H9Cl3N2O2/c1-7-2-4-8(5-3-7)9(18)16-10(15-6-17)11(12,13)14/h2-5,10H,1H3,(H,16,18). The highest BCUT2D eigenvalue weighted by atomic mass is 35.6. The molecule has 0 heterocycles. The number of alkyl halides is 3. The zero-order chi connectivity index (χ0) is 13.8. The van der Waals surface area contributed by atoms with Crippen LogP contribution in [0.5, 0.6) is 0 Å². The summed E-state index contributed by atoms with van der Waals surface area (Å²) in [6.07, 6.45) is -0.0363. The van der Waals surface area contributed by atoms with Crippen molar-refractivity contribution in [2.24, 2.45) is 4.99 Å². The molecule has 1 unspecified atom stereocenters. The summed E-state index contributed by atoms with van der Waals surface area (Å²) in [6.45, 7) is 1.89. The van der Waals surface area contributed by atoms with E-state index in [1.807, 2.05) is 6.92 Å². The number of carbonyl (C=O) groups excluding carboxylic acids is 2. The number of isocyanates is 1. The Balaban J connectivity index is 2.85. The molecule has 0 aliphatic heterocycles. The molecule has 0 bridgehead atoms. The van der Waals surface area contributed by atoms with E-state index in [1.165, 1.54) is 6.08 Å². The Morgan fingerprint density at radius 3 is 2.33 bits per heavy atom. The number of rotatable bonds is 3. The van der Waals surface area contributed by atoms with Gasteiger partial charge in [0.2, 0.25) is 9.87 Å². The minimum absolute atomic E-state index is 0.376. The van der Waals surface area contributed by atoms with Gasteiger partial charge < -0.3 is 5.32 Å². The van der Waals surface area contributed by atoms with Crippen molar-refractivity contribution >= 4 is 46.8 Å². The minimum Gasteiger partial charge on any atom is -0.326 e. The Kier molecular flexibility index (Phi) is 5.17. The predicted octanol–water partition coefficient (Wildman–Crippen LogP) is 2.76. The number of aliphatic imine (C=N–C) groups is 1. The number of halogens is 3. The molecule has 1 rings (SSSR count). The van der Waals surface area contributed by atoms with Crippen molar-refractivity contribution in [2.75, 3.05) is 0 Å². The van der Waals surface area contributed by atoms with E-state index in [9.17, 15) is 9.59 Å². The highest BCUT2D eigenvalue weighted by molar-refractivity contribution is 6.68. The van der Waals surface area contributed by atoms with Crippen molar-refractivity contribution in [1.82, 2.24) is 5.32 Å². The zero-order valence-electron chi connectivity index (χ0n) is 9.28. The van der Waals surface area contributed by atoms with Crippen LogP contribution in [0.3, 0.4) is 0 Å². The van der Waals surface area contributed by atoms with Gasteiger partial charge in [-0.15, -0.1) is 0 Å². The lowest BCUT2D eigenvalue weighted by molar-refractivity contribution is 0.0939. The van der Waals surface area contributed by atoms with Crippen LogP contribution in [0.1, 0.15) is 15.9 Å².